The van der Waals surface area contributed by atoms with Crippen LogP contribution >= 0.6 is 0 Å². The van der Waals surface area contributed by atoms with E-state index in [-0.39, 0.29) is 5.91 Å². The molecule has 0 unspecified atom stereocenters. The molecule has 1 aliphatic rings. The normalized spacial score (nSPS) is 19.6. The molecule has 13 heavy (non-hydrogen) atoms. The summed E-state index contributed by atoms with van der Waals surface area (Å²) in [5.74, 6) is 0.189. The fourth-order valence-electron chi connectivity index (χ4n) is 1.64. The molecule has 1 amide bonds. The Kier molecular flexibility index (Phi) is 4.83. The van der Waals surface area contributed by atoms with Gasteiger partial charge in [-0.1, -0.05) is 19.8 Å². The summed E-state index contributed by atoms with van der Waals surface area (Å²) in [5.41, 5.74) is 0. The van der Waals surface area contributed by atoms with Crippen molar-refractivity contribution in [1.82, 2.24) is 10.2 Å². The van der Waals surface area contributed by atoms with Gasteiger partial charge >= 0.3 is 0 Å². The van der Waals surface area contributed by atoms with Crippen LogP contribution < -0.4 is 5.32 Å². The van der Waals surface area contributed by atoms with E-state index >= 15 is 0 Å². The number of hydrogen-bond donors (Lipinski definition) is 1. The number of hydrogen-bond acceptors (Lipinski definition) is 2. The lowest BCUT2D eigenvalue weighted by atomic mass is 10.2. The van der Waals surface area contributed by atoms with Crippen molar-refractivity contribution in [2.45, 2.75) is 32.6 Å². The molecule has 3 heteroatoms. The first kappa shape index (κ1) is 10.5. The molecule has 1 rings (SSSR count). The van der Waals surface area contributed by atoms with E-state index in [9.17, 15) is 4.79 Å². The second kappa shape index (κ2) is 5.97. The van der Waals surface area contributed by atoms with Gasteiger partial charge in [0.1, 0.15) is 0 Å². The minimum absolute atomic E-state index is 0.189. The molecule has 1 N–H and O–H groups in total. The van der Waals surface area contributed by atoms with Gasteiger partial charge in [0.2, 0.25) is 5.91 Å². The van der Waals surface area contributed by atoms with E-state index in [0.717, 1.165) is 26.1 Å². The minimum Gasteiger partial charge on any atom is -0.355 e. The molecule has 0 atom stereocenters. The average Bonchev–Trinajstić information content (AvgIpc) is 2.31. The summed E-state index contributed by atoms with van der Waals surface area (Å²) in [5, 5.41) is 2.88. The summed E-state index contributed by atoms with van der Waals surface area (Å²) in [6.07, 6.45) is 4.85. The molecule has 1 aliphatic heterocycles. The largest absolute Gasteiger partial charge is 0.355 e. The van der Waals surface area contributed by atoms with E-state index < -0.39 is 0 Å². The van der Waals surface area contributed by atoms with Gasteiger partial charge in [-0.25, -0.2) is 0 Å². The first-order chi connectivity index (χ1) is 6.33. The molecule has 0 aromatic heterocycles. The summed E-state index contributed by atoms with van der Waals surface area (Å²) in [7, 11) is 0. The maximum Gasteiger partial charge on any atom is 0.234 e. The Labute approximate surface area is 80.5 Å². The number of unbranched alkanes of at least 4 members (excludes halogenated alkanes) is 2. The van der Waals surface area contributed by atoms with Crippen molar-refractivity contribution in [1.29, 1.82) is 0 Å². The average molecular weight is 184 g/mol. The van der Waals surface area contributed by atoms with E-state index in [0.29, 0.717) is 6.54 Å². The van der Waals surface area contributed by atoms with Gasteiger partial charge in [0.05, 0.1) is 6.54 Å². The number of nitrogens with zero attached hydrogens (tertiary/aromatic N) is 1. The summed E-state index contributed by atoms with van der Waals surface area (Å²) < 4.78 is 0. The molecule has 0 aliphatic carbocycles. The standard InChI is InChI=1S/C10H20N2O/c1-2-3-4-7-12-8-5-6-11-10(13)9-12/h2-9H2,1H3,(H,11,13). The van der Waals surface area contributed by atoms with E-state index in [2.05, 4.69) is 17.1 Å². The quantitative estimate of drug-likeness (QED) is 0.661. The maximum absolute atomic E-state index is 11.2. The van der Waals surface area contributed by atoms with Gasteiger partial charge in [0.15, 0.2) is 0 Å². The van der Waals surface area contributed by atoms with Crippen molar-refractivity contribution >= 4 is 5.91 Å². The Morgan fingerprint density at radius 3 is 3.08 bits per heavy atom. The Hall–Kier alpha value is -0.570. The van der Waals surface area contributed by atoms with Gasteiger partial charge in [0, 0.05) is 13.1 Å². The molecule has 1 heterocycles. The fraction of sp³-hybridized carbons (Fsp3) is 0.900. The minimum atomic E-state index is 0.189. The highest BCUT2D eigenvalue weighted by molar-refractivity contribution is 5.78. The maximum atomic E-state index is 11.2. The van der Waals surface area contributed by atoms with Crippen LogP contribution in [0.1, 0.15) is 32.6 Å². The van der Waals surface area contributed by atoms with E-state index in [1.54, 1.807) is 0 Å². The number of rotatable bonds is 4. The molecule has 0 spiro atoms. The Morgan fingerprint density at radius 1 is 1.46 bits per heavy atom. The van der Waals surface area contributed by atoms with Crippen LogP contribution in [0.15, 0.2) is 0 Å². The smallest absolute Gasteiger partial charge is 0.234 e. The monoisotopic (exact) mass is 184 g/mol. The van der Waals surface area contributed by atoms with Crippen molar-refractivity contribution in [3.8, 4) is 0 Å². The fourth-order valence-corrected chi connectivity index (χ4v) is 1.64. The lowest BCUT2D eigenvalue weighted by Crippen LogP contribution is -2.33. The molecule has 1 saturated heterocycles. The number of carbonyl (C=O) groups excluding carboxylic acids is 1. The van der Waals surface area contributed by atoms with Crippen molar-refractivity contribution < 1.29 is 4.79 Å². The molecule has 0 saturated carbocycles. The molecule has 0 aromatic carbocycles. The Bertz CT molecular complexity index is 159. The third kappa shape index (κ3) is 4.27. The third-order valence-corrected chi connectivity index (χ3v) is 2.42. The zero-order valence-electron chi connectivity index (χ0n) is 8.51. The summed E-state index contributed by atoms with van der Waals surface area (Å²) >= 11 is 0. The van der Waals surface area contributed by atoms with Gasteiger partial charge in [-0.15, -0.1) is 0 Å². The third-order valence-electron chi connectivity index (χ3n) is 2.42. The van der Waals surface area contributed by atoms with Gasteiger partial charge < -0.3 is 5.32 Å². The van der Waals surface area contributed by atoms with Crippen LogP contribution in [0, 0.1) is 0 Å². The molecule has 0 radical (unpaired) electrons. The topological polar surface area (TPSA) is 32.3 Å². The molecular weight excluding hydrogens is 164 g/mol. The zero-order chi connectivity index (χ0) is 9.52. The van der Waals surface area contributed by atoms with Crippen molar-refractivity contribution in [3.63, 3.8) is 0 Å². The molecule has 1 fully saturated rings. The van der Waals surface area contributed by atoms with Crippen LogP contribution in [0.3, 0.4) is 0 Å². The zero-order valence-corrected chi connectivity index (χ0v) is 8.51. The van der Waals surface area contributed by atoms with Crippen LogP contribution in [-0.4, -0.2) is 37.0 Å². The predicted octanol–water partition coefficient (Wildman–Crippen LogP) is 0.998. The first-order valence-electron chi connectivity index (χ1n) is 5.32. The second-order valence-electron chi connectivity index (χ2n) is 3.69. The Balaban J connectivity index is 2.19. The van der Waals surface area contributed by atoms with Gasteiger partial charge in [-0.05, 0) is 19.4 Å². The van der Waals surface area contributed by atoms with Crippen LogP contribution in [0.2, 0.25) is 0 Å². The highest BCUT2D eigenvalue weighted by Crippen LogP contribution is 2.01. The van der Waals surface area contributed by atoms with Crippen LogP contribution in [-0.2, 0) is 4.79 Å². The lowest BCUT2D eigenvalue weighted by Gasteiger charge is -2.17. The van der Waals surface area contributed by atoms with Crippen LogP contribution in [0.5, 0.6) is 0 Å². The van der Waals surface area contributed by atoms with Crippen LogP contribution in [0.25, 0.3) is 0 Å². The highest BCUT2D eigenvalue weighted by Gasteiger charge is 2.12. The molecule has 0 aromatic rings. The van der Waals surface area contributed by atoms with E-state index in [1.165, 1.54) is 19.3 Å². The van der Waals surface area contributed by atoms with Gasteiger partial charge in [-0.2, -0.15) is 0 Å². The number of carbonyl (C=O) groups is 1. The van der Waals surface area contributed by atoms with Crippen molar-refractivity contribution in [2.75, 3.05) is 26.2 Å². The summed E-state index contributed by atoms with van der Waals surface area (Å²) in [6, 6.07) is 0. The summed E-state index contributed by atoms with van der Waals surface area (Å²) in [4.78, 5) is 13.4. The van der Waals surface area contributed by atoms with Gasteiger partial charge in [0.25, 0.3) is 0 Å². The summed E-state index contributed by atoms with van der Waals surface area (Å²) in [6.45, 7) is 5.81. The van der Waals surface area contributed by atoms with Crippen LogP contribution in [0.4, 0.5) is 0 Å². The molecule has 3 nitrogen and oxygen atoms in total. The van der Waals surface area contributed by atoms with Crippen molar-refractivity contribution in [2.24, 2.45) is 0 Å². The molecule has 0 bridgehead atoms. The molecular formula is C10H20N2O. The predicted molar refractivity (Wildman–Crippen MR) is 53.6 cm³/mol. The Morgan fingerprint density at radius 2 is 2.31 bits per heavy atom. The lowest BCUT2D eigenvalue weighted by molar-refractivity contribution is -0.121. The number of amides is 1. The molecule has 76 valence electrons. The SMILES string of the molecule is CCCCCN1CCCNC(=O)C1. The van der Waals surface area contributed by atoms with Crippen molar-refractivity contribution in [3.05, 3.63) is 0 Å². The first-order valence-corrected chi connectivity index (χ1v) is 5.32. The van der Waals surface area contributed by atoms with Gasteiger partial charge in [-0.3, -0.25) is 9.69 Å². The van der Waals surface area contributed by atoms with E-state index in [4.69, 9.17) is 0 Å². The second-order valence-corrected chi connectivity index (χ2v) is 3.69. The number of nitrogens with one attached hydrogen (secondary N) is 1. The highest BCUT2D eigenvalue weighted by atomic mass is 16.2. The van der Waals surface area contributed by atoms with E-state index in [1.807, 2.05) is 0 Å².